The van der Waals surface area contributed by atoms with Crippen LogP contribution >= 0.6 is 0 Å². The standard InChI is InChI=1S/C37H42N2O7S2/c1-27(2)29-15-17-30(18-16-29)31-11-8-14-35(24-31)48(43,44)39-23-9-10-28(26-39)25-37(3,46-33-12-6-5-7-13-33)36(40)38-47(41,42)34-21-19-32(45-4)20-22-34/h5-8,11-22,24,27-28H,9-10,23,25-26H2,1-4H3,(H,38,40). The van der Waals surface area contributed by atoms with E-state index in [0.717, 1.165) is 11.1 Å². The van der Waals surface area contributed by atoms with Gasteiger partial charge in [0, 0.05) is 19.5 Å². The number of benzene rings is 4. The summed E-state index contributed by atoms with van der Waals surface area (Å²) in [5, 5.41) is 0. The Kier molecular flexibility index (Phi) is 10.6. The Bertz CT molecular complexity index is 1930. The summed E-state index contributed by atoms with van der Waals surface area (Å²) in [6.45, 7) is 6.28. The first kappa shape index (κ1) is 35.1. The molecule has 9 nitrogen and oxygen atoms in total. The van der Waals surface area contributed by atoms with Crippen LogP contribution in [0.15, 0.2) is 113 Å². The maximum absolute atomic E-state index is 14.0. The van der Waals surface area contributed by atoms with Gasteiger partial charge < -0.3 is 9.47 Å². The zero-order valence-electron chi connectivity index (χ0n) is 27.6. The van der Waals surface area contributed by atoms with Crippen LogP contribution in [-0.4, -0.2) is 52.8 Å². The zero-order valence-corrected chi connectivity index (χ0v) is 29.3. The van der Waals surface area contributed by atoms with Gasteiger partial charge in [-0.25, -0.2) is 21.6 Å². The molecule has 1 heterocycles. The summed E-state index contributed by atoms with van der Waals surface area (Å²) >= 11 is 0. The molecule has 0 aliphatic carbocycles. The van der Waals surface area contributed by atoms with Crippen LogP contribution in [0.2, 0.25) is 0 Å². The molecule has 4 aromatic rings. The summed E-state index contributed by atoms with van der Waals surface area (Å²) in [7, 11) is -6.64. The van der Waals surface area contributed by atoms with Crippen LogP contribution in [-0.2, 0) is 24.8 Å². The number of carbonyl (C=O) groups excluding carboxylic acids is 1. The molecule has 1 N–H and O–H groups in total. The Morgan fingerprint density at radius 1 is 0.854 bits per heavy atom. The predicted octanol–water partition coefficient (Wildman–Crippen LogP) is 6.62. The fourth-order valence-electron chi connectivity index (χ4n) is 5.98. The maximum Gasteiger partial charge on any atom is 0.277 e. The van der Waals surface area contributed by atoms with Gasteiger partial charge in [-0.2, -0.15) is 4.31 Å². The van der Waals surface area contributed by atoms with E-state index in [4.69, 9.17) is 9.47 Å². The third kappa shape index (κ3) is 8.08. The van der Waals surface area contributed by atoms with E-state index in [1.54, 1.807) is 55.5 Å². The number of methoxy groups -OCH3 is 1. The highest BCUT2D eigenvalue weighted by molar-refractivity contribution is 7.90. The molecule has 11 heteroatoms. The Morgan fingerprint density at radius 3 is 2.19 bits per heavy atom. The van der Waals surface area contributed by atoms with Gasteiger partial charge in [0.25, 0.3) is 15.9 Å². The van der Waals surface area contributed by atoms with Gasteiger partial charge >= 0.3 is 0 Å². The first-order valence-electron chi connectivity index (χ1n) is 16.0. The molecule has 1 saturated heterocycles. The van der Waals surface area contributed by atoms with Crippen molar-refractivity contribution in [1.29, 1.82) is 0 Å². The molecule has 1 amide bonds. The second-order valence-corrected chi connectivity index (χ2v) is 16.3. The van der Waals surface area contributed by atoms with Gasteiger partial charge in [-0.1, -0.05) is 68.4 Å². The molecule has 5 rings (SSSR count). The number of rotatable bonds is 12. The van der Waals surface area contributed by atoms with Crippen LogP contribution in [0.3, 0.4) is 0 Å². The van der Waals surface area contributed by atoms with Crippen LogP contribution in [0.25, 0.3) is 11.1 Å². The molecule has 0 radical (unpaired) electrons. The van der Waals surface area contributed by atoms with Crippen LogP contribution in [0.4, 0.5) is 0 Å². The van der Waals surface area contributed by atoms with Crippen molar-refractivity contribution in [3.63, 3.8) is 0 Å². The molecule has 0 bridgehead atoms. The third-order valence-electron chi connectivity index (χ3n) is 8.71. The van der Waals surface area contributed by atoms with Crippen molar-refractivity contribution in [3.05, 3.63) is 109 Å². The zero-order chi connectivity index (χ0) is 34.5. The van der Waals surface area contributed by atoms with Crippen molar-refractivity contribution in [3.8, 4) is 22.6 Å². The molecule has 1 aliphatic heterocycles. The Balaban J connectivity index is 1.37. The highest BCUT2D eigenvalue weighted by Crippen LogP contribution is 2.33. The molecule has 2 atom stereocenters. The molecule has 0 aromatic heterocycles. The number of ether oxygens (including phenoxy) is 2. The van der Waals surface area contributed by atoms with Gasteiger partial charge in [-0.3, -0.25) is 4.79 Å². The van der Waals surface area contributed by atoms with E-state index >= 15 is 0 Å². The first-order chi connectivity index (χ1) is 22.8. The quantitative estimate of drug-likeness (QED) is 0.178. The van der Waals surface area contributed by atoms with E-state index in [0.29, 0.717) is 36.8 Å². The van der Waals surface area contributed by atoms with E-state index in [-0.39, 0.29) is 28.7 Å². The Hall–Kier alpha value is -4.19. The maximum atomic E-state index is 14.0. The summed E-state index contributed by atoms with van der Waals surface area (Å²) in [4.78, 5) is 13.9. The van der Waals surface area contributed by atoms with E-state index in [1.165, 1.54) is 41.2 Å². The predicted molar refractivity (Wildman–Crippen MR) is 186 cm³/mol. The summed E-state index contributed by atoms with van der Waals surface area (Å²) < 4.78 is 69.4. The van der Waals surface area contributed by atoms with Crippen molar-refractivity contribution < 1.29 is 31.1 Å². The molecule has 0 saturated carbocycles. The van der Waals surface area contributed by atoms with Crippen molar-refractivity contribution in [2.75, 3.05) is 20.2 Å². The normalized spacial score (nSPS) is 17.0. The number of amides is 1. The van der Waals surface area contributed by atoms with Gasteiger partial charge in [0.05, 0.1) is 16.9 Å². The molecule has 48 heavy (non-hydrogen) atoms. The number of sulfonamides is 2. The van der Waals surface area contributed by atoms with Crippen molar-refractivity contribution in [2.45, 2.75) is 61.3 Å². The molecule has 2 unspecified atom stereocenters. The molecular weight excluding hydrogens is 649 g/mol. The number of piperidine rings is 1. The largest absolute Gasteiger partial charge is 0.497 e. The fraction of sp³-hybridized carbons (Fsp3) is 0.324. The van der Waals surface area contributed by atoms with Crippen molar-refractivity contribution in [2.24, 2.45) is 5.92 Å². The van der Waals surface area contributed by atoms with E-state index in [9.17, 15) is 21.6 Å². The lowest BCUT2D eigenvalue weighted by Gasteiger charge is -2.37. The summed E-state index contributed by atoms with van der Waals surface area (Å²) in [6, 6.07) is 29.4. The topological polar surface area (TPSA) is 119 Å². The lowest BCUT2D eigenvalue weighted by Crippen LogP contribution is -2.53. The van der Waals surface area contributed by atoms with E-state index in [1.807, 2.05) is 18.2 Å². The SMILES string of the molecule is COc1ccc(S(=O)(=O)NC(=O)C(C)(CC2CCCN(S(=O)(=O)c3cccc(-c4ccc(C(C)C)cc4)c3)C2)Oc2ccccc2)cc1. The minimum atomic E-state index is -4.25. The summed E-state index contributed by atoms with van der Waals surface area (Å²) in [6.07, 6.45) is 1.30. The average molecular weight is 691 g/mol. The number of hydrogen-bond acceptors (Lipinski definition) is 7. The van der Waals surface area contributed by atoms with Gasteiger partial charge in [-0.05, 0) is 96.8 Å². The Labute approximate surface area is 284 Å². The van der Waals surface area contributed by atoms with Gasteiger partial charge in [0.15, 0.2) is 5.60 Å². The molecule has 0 spiro atoms. The van der Waals surface area contributed by atoms with Crippen molar-refractivity contribution >= 4 is 26.0 Å². The van der Waals surface area contributed by atoms with E-state index in [2.05, 4.69) is 30.7 Å². The number of para-hydroxylation sites is 1. The molecular formula is C37H42N2O7S2. The van der Waals surface area contributed by atoms with Crippen molar-refractivity contribution in [1.82, 2.24) is 9.03 Å². The van der Waals surface area contributed by atoms with E-state index < -0.39 is 31.6 Å². The van der Waals surface area contributed by atoms with Gasteiger partial charge in [-0.15, -0.1) is 0 Å². The summed E-state index contributed by atoms with van der Waals surface area (Å²) in [5.74, 6) is 0.111. The lowest BCUT2D eigenvalue weighted by molar-refractivity contribution is -0.135. The second kappa shape index (κ2) is 14.5. The minimum absolute atomic E-state index is 0.0835. The van der Waals surface area contributed by atoms with Crippen LogP contribution in [0, 0.1) is 5.92 Å². The number of nitrogens with one attached hydrogen (secondary N) is 1. The number of hydrogen-bond donors (Lipinski definition) is 1. The molecule has 4 aromatic carbocycles. The monoisotopic (exact) mass is 690 g/mol. The summed E-state index contributed by atoms with van der Waals surface area (Å²) in [5.41, 5.74) is 1.30. The average Bonchev–Trinajstić information content (AvgIpc) is 3.08. The molecule has 1 fully saturated rings. The van der Waals surface area contributed by atoms with Crippen LogP contribution < -0.4 is 14.2 Å². The molecule has 254 valence electrons. The van der Waals surface area contributed by atoms with Crippen LogP contribution in [0.5, 0.6) is 11.5 Å². The molecule has 1 aliphatic rings. The Morgan fingerprint density at radius 2 is 1.54 bits per heavy atom. The minimum Gasteiger partial charge on any atom is -0.497 e. The highest BCUT2D eigenvalue weighted by Gasteiger charge is 2.42. The fourth-order valence-corrected chi connectivity index (χ4v) is 8.65. The van der Waals surface area contributed by atoms with Gasteiger partial charge in [0.2, 0.25) is 10.0 Å². The lowest BCUT2D eigenvalue weighted by atomic mass is 9.86. The highest BCUT2D eigenvalue weighted by atomic mass is 32.2. The third-order valence-corrected chi connectivity index (χ3v) is 11.9. The smallest absolute Gasteiger partial charge is 0.277 e. The second-order valence-electron chi connectivity index (χ2n) is 12.6. The van der Waals surface area contributed by atoms with Crippen LogP contribution in [0.1, 0.15) is 51.5 Å². The number of carbonyl (C=O) groups is 1. The first-order valence-corrected chi connectivity index (χ1v) is 18.9. The van der Waals surface area contributed by atoms with Gasteiger partial charge in [0.1, 0.15) is 11.5 Å². The number of nitrogens with zero attached hydrogens (tertiary/aromatic N) is 1.